The van der Waals surface area contributed by atoms with Crippen LogP contribution < -0.4 is 10.2 Å². The predicted molar refractivity (Wildman–Crippen MR) is 118 cm³/mol. The minimum absolute atomic E-state index is 0.293. The number of fused-ring (bicyclic) bond motifs is 1. The Morgan fingerprint density at radius 3 is 2.69 bits per heavy atom. The fourth-order valence-electron chi connectivity index (χ4n) is 4.29. The molecule has 2 aliphatic heterocycles. The number of amides is 1. The van der Waals surface area contributed by atoms with E-state index in [0.717, 1.165) is 45.0 Å². The first kappa shape index (κ1) is 21.6. The molecule has 1 unspecified atom stereocenters. The first-order valence-electron chi connectivity index (χ1n) is 11.2. The molecular formula is C23H36N4O2. The Kier molecular flexibility index (Phi) is 7.17. The van der Waals surface area contributed by atoms with Crippen LogP contribution in [0.1, 0.15) is 64.4 Å². The monoisotopic (exact) mass is 400 g/mol. The molecule has 3 rings (SSSR count). The molecule has 2 aliphatic rings. The van der Waals surface area contributed by atoms with Crippen LogP contribution in [0, 0.1) is 0 Å². The van der Waals surface area contributed by atoms with Gasteiger partial charge in [-0.2, -0.15) is 0 Å². The lowest BCUT2D eigenvalue weighted by molar-refractivity contribution is -0.127. The van der Waals surface area contributed by atoms with Crippen LogP contribution in [0.2, 0.25) is 0 Å². The maximum atomic E-state index is 12.0. The van der Waals surface area contributed by atoms with Crippen molar-refractivity contribution in [3.8, 4) is 0 Å². The molecular weight excluding hydrogens is 364 g/mol. The van der Waals surface area contributed by atoms with E-state index in [1.54, 1.807) is 0 Å². The predicted octanol–water partition coefficient (Wildman–Crippen LogP) is 3.12. The van der Waals surface area contributed by atoms with Crippen molar-refractivity contribution < 1.29 is 9.90 Å². The summed E-state index contributed by atoms with van der Waals surface area (Å²) in [5, 5.41) is 14.1. The third-order valence-electron chi connectivity index (χ3n) is 6.42. The molecule has 6 heteroatoms. The van der Waals surface area contributed by atoms with Gasteiger partial charge in [-0.15, -0.1) is 0 Å². The van der Waals surface area contributed by atoms with Crippen LogP contribution in [0.5, 0.6) is 0 Å². The van der Waals surface area contributed by atoms with E-state index in [9.17, 15) is 9.90 Å². The number of likely N-dealkylation sites (tertiary alicyclic amines) is 1. The van der Waals surface area contributed by atoms with Crippen molar-refractivity contribution in [2.24, 2.45) is 4.99 Å². The quantitative estimate of drug-likeness (QED) is 0.520. The van der Waals surface area contributed by atoms with Crippen molar-refractivity contribution >= 4 is 17.6 Å². The van der Waals surface area contributed by atoms with Crippen LogP contribution in [0.4, 0.5) is 5.69 Å². The molecule has 0 bridgehead atoms. The Hall–Kier alpha value is -2.08. The molecule has 0 aliphatic carbocycles. The summed E-state index contributed by atoms with van der Waals surface area (Å²) < 4.78 is 0. The zero-order valence-corrected chi connectivity index (χ0v) is 18.2. The van der Waals surface area contributed by atoms with Crippen LogP contribution in [-0.2, 0) is 4.79 Å². The van der Waals surface area contributed by atoms with Gasteiger partial charge in [0.15, 0.2) is 5.96 Å². The molecule has 1 fully saturated rings. The molecule has 160 valence electrons. The third kappa shape index (κ3) is 4.92. The maximum absolute atomic E-state index is 12.0. The number of aliphatic hydroxyl groups is 1. The van der Waals surface area contributed by atoms with E-state index < -0.39 is 5.60 Å². The average Bonchev–Trinajstić information content (AvgIpc) is 3.32. The number of nitrogens with one attached hydrogen (secondary N) is 1. The molecule has 1 aromatic carbocycles. The molecule has 2 N–H and O–H groups in total. The summed E-state index contributed by atoms with van der Waals surface area (Å²) in [6, 6.07) is 8.50. The molecule has 29 heavy (non-hydrogen) atoms. The lowest BCUT2D eigenvalue weighted by Crippen LogP contribution is -2.42. The molecule has 0 spiro atoms. The number of benzene rings is 1. The normalized spacial score (nSPS) is 19.8. The van der Waals surface area contributed by atoms with Gasteiger partial charge in [0.25, 0.3) is 0 Å². The Morgan fingerprint density at radius 1 is 1.28 bits per heavy atom. The molecule has 1 saturated heterocycles. The van der Waals surface area contributed by atoms with Gasteiger partial charge in [-0.25, -0.2) is 4.99 Å². The number of hydrogen-bond donors (Lipinski definition) is 2. The summed E-state index contributed by atoms with van der Waals surface area (Å²) in [4.78, 5) is 21.0. The van der Waals surface area contributed by atoms with Gasteiger partial charge in [0, 0.05) is 44.2 Å². The minimum Gasteiger partial charge on any atom is -0.388 e. The standard InChI is InChI=1S/C23H36N4O2/c1-4-23(29,5-2)17-25-22(24-6-3)27-16-18(19-10-7-8-11-20(19)27)13-15-26-14-9-12-21(26)28/h7-8,10-11,18,29H,4-6,9,12-17H2,1-3H3,(H,24,25). The van der Waals surface area contributed by atoms with Crippen LogP contribution in [-0.4, -0.2) is 60.2 Å². The fourth-order valence-corrected chi connectivity index (χ4v) is 4.29. The summed E-state index contributed by atoms with van der Waals surface area (Å²) in [6.45, 7) is 9.83. The second kappa shape index (κ2) is 9.61. The van der Waals surface area contributed by atoms with E-state index in [4.69, 9.17) is 4.99 Å². The van der Waals surface area contributed by atoms with Gasteiger partial charge in [-0.1, -0.05) is 32.0 Å². The summed E-state index contributed by atoms with van der Waals surface area (Å²) >= 11 is 0. The highest BCUT2D eigenvalue weighted by Gasteiger charge is 2.32. The minimum atomic E-state index is -0.755. The van der Waals surface area contributed by atoms with Gasteiger partial charge in [0.1, 0.15) is 0 Å². The summed E-state index contributed by atoms with van der Waals surface area (Å²) in [5.41, 5.74) is 1.75. The van der Waals surface area contributed by atoms with Crippen molar-refractivity contribution in [2.75, 3.05) is 37.6 Å². The Morgan fingerprint density at radius 2 is 2.03 bits per heavy atom. The number of guanidine groups is 1. The topological polar surface area (TPSA) is 68.2 Å². The fraction of sp³-hybridized carbons (Fsp3) is 0.652. The maximum Gasteiger partial charge on any atom is 0.222 e. The van der Waals surface area contributed by atoms with Gasteiger partial charge in [-0.3, -0.25) is 4.79 Å². The highest BCUT2D eigenvalue weighted by atomic mass is 16.3. The first-order chi connectivity index (χ1) is 14.0. The van der Waals surface area contributed by atoms with Crippen molar-refractivity contribution in [3.05, 3.63) is 29.8 Å². The summed E-state index contributed by atoms with van der Waals surface area (Å²) in [6.07, 6.45) is 4.03. The van der Waals surface area contributed by atoms with E-state index in [-0.39, 0.29) is 0 Å². The van der Waals surface area contributed by atoms with Crippen LogP contribution in [0.3, 0.4) is 0 Å². The van der Waals surface area contributed by atoms with E-state index >= 15 is 0 Å². The Balaban J connectivity index is 1.77. The number of para-hydroxylation sites is 1. The van der Waals surface area contributed by atoms with Gasteiger partial charge < -0.3 is 20.2 Å². The lowest BCUT2D eigenvalue weighted by atomic mass is 9.98. The summed E-state index contributed by atoms with van der Waals surface area (Å²) in [5.74, 6) is 1.50. The zero-order valence-electron chi connectivity index (χ0n) is 18.2. The third-order valence-corrected chi connectivity index (χ3v) is 6.42. The van der Waals surface area contributed by atoms with Crippen molar-refractivity contribution in [1.29, 1.82) is 0 Å². The van der Waals surface area contributed by atoms with E-state index in [1.165, 1.54) is 11.3 Å². The van der Waals surface area contributed by atoms with Crippen molar-refractivity contribution in [3.63, 3.8) is 0 Å². The van der Waals surface area contributed by atoms with Crippen LogP contribution in [0.25, 0.3) is 0 Å². The Bertz CT molecular complexity index is 729. The molecule has 1 amide bonds. The second-order valence-electron chi connectivity index (χ2n) is 8.24. The van der Waals surface area contributed by atoms with Crippen molar-refractivity contribution in [1.82, 2.24) is 10.2 Å². The lowest BCUT2D eigenvalue weighted by Gasteiger charge is -2.27. The summed E-state index contributed by atoms with van der Waals surface area (Å²) in [7, 11) is 0. The zero-order chi connectivity index (χ0) is 20.9. The van der Waals surface area contributed by atoms with Gasteiger partial charge >= 0.3 is 0 Å². The van der Waals surface area contributed by atoms with Gasteiger partial charge in [0.05, 0.1) is 12.1 Å². The number of anilines is 1. The van der Waals surface area contributed by atoms with E-state index in [2.05, 4.69) is 41.4 Å². The Labute approximate surface area is 175 Å². The number of rotatable bonds is 8. The number of nitrogens with zero attached hydrogens (tertiary/aromatic N) is 3. The first-order valence-corrected chi connectivity index (χ1v) is 11.2. The molecule has 6 nitrogen and oxygen atoms in total. The van der Waals surface area contributed by atoms with E-state index in [1.807, 2.05) is 18.7 Å². The molecule has 1 aromatic rings. The van der Waals surface area contributed by atoms with Crippen LogP contribution in [0.15, 0.2) is 29.3 Å². The average molecular weight is 401 g/mol. The molecule has 0 radical (unpaired) electrons. The largest absolute Gasteiger partial charge is 0.388 e. The molecule has 0 aromatic heterocycles. The van der Waals surface area contributed by atoms with Crippen molar-refractivity contribution in [2.45, 2.75) is 64.4 Å². The van der Waals surface area contributed by atoms with Gasteiger partial charge in [-0.05, 0) is 44.2 Å². The van der Waals surface area contributed by atoms with E-state index in [0.29, 0.717) is 37.6 Å². The highest BCUT2D eigenvalue weighted by Crippen LogP contribution is 2.38. The molecule has 2 heterocycles. The van der Waals surface area contributed by atoms with Crippen LogP contribution >= 0.6 is 0 Å². The second-order valence-corrected chi connectivity index (χ2v) is 8.24. The number of carbonyl (C=O) groups is 1. The molecule has 0 saturated carbocycles. The number of hydrogen-bond acceptors (Lipinski definition) is 3. The highest BCUT2D eigenvalue weighted by molar-refractivity contribution is 5.98. The smallest absolute Gasteiger partial charge is 0.222 e. The molecule has 1 atom stereocenters. The van der Waals surface area contributed by atoms with Gasteiger partial charge in [0.2, 0.25) is 5.91 Å². The SMILES string of the molecule is CCNC(=NCC(O)(CC)CC)N1CC(CCN2CCCC2=O)c2ccccc21. The number of carbonyl (C=O) groups excluding carboxylic acids is 1. The number of aliphatic imine (C=N–C) groups is 1.